The average molecular weight is 288 g/mol. The van der Waals surface area contributed by atoms with Gasteiger partial charge in [0.2, 0.25) is 5.91 Å². The van der Waals surface area contributed by atoms with E-state index in [4.69, 9.17) is 10.5 Å². The largest absolute Gasteiger partial charge is 0.370 e. The van der Waals surface area contributed by atoms with Crippen LogP contribution in [0.4, 0.5) is 5.82 Å². The molecule has 88 valence electrons. The van der Waals surface area contributed by atoms with Crippen molar-refractivity contribution in [3.63, 3.8) is 0 Å². The van der Waals surface area contributed by atoms with Gasteiger partial charge in [0.15, 0.2) is 0 Å². The van der Waals surface area contributed by atoms with Crippen LogP contribution in [0.3, 0.4) is 0 Å². The van der Waals surface area contributed by atoms with Gasteiger partial charge in [0.25, 0.3) is 0 Å². The third-order valence-corrected chi connectivity index (χ3v) is 2.67. The van der Waals surface area contributed by atoms with E-state index in [0.717, 1.165) is 15.9 Å². The molecule has 6 heteroatoms. The lowest BCUT2D eigenvalue weighted by Gasteiger charge is -2.07. The molecule has 0 aliphatic rings. The highest BCUT2D eigenvalue weighted by atomic mass is 79.9. The standard InChI is InChI=1S/C10H14BrN3O2/c1-7-4-10(14-5-8(7)11)13-2-3-16-6-9(12)15/h4-5H,2-3,6H2,1H3,(H2,12,15)(H,13,14). The number of halogens is 1. The third-order valence-electron chi connectivity index (χ3n) is 1.84. The molecule has 1 amide bonds. The Kier molecular flexibility index (Phi) is 5.21. The summed E-state index contributed by atoms with van der Waals surface area (Å²) < 4.78 is 5.97. The summed E-state index contributed by atoms with van der Waals surface area (Å²) in [6.45, 7) is 2.94. The summed E-state index contributed by atoms with van der Waals surface area (Å²) in [4.78, 5) is 14.5. The lowest BCUT2D eigenvalue weighted by Crippen LogP contribution is -2.20. The molecule has 0 aliphatic carbocycles. The van der Waals surface area contributed by atoms with E-state index in [1.807, 2.05) is 13.0 Å². The van der Waals surface area contributed by atoms with Gasteiger partial charge in [-0.2, -0.15) is 0 Å². The van der Waals surface area contributed by atoms with Crippen molar-refractivity contribution in [3.8, 4) is 0 Å². The van der Waals surface area contributed by atoms with Crippen LogP contribution in [0.15, 0.2) is 16.7 Å². The van der Waals surface area contributed by atoms with Crippen molar-refractivity contribution < 1.29 is 9.53 Å². The number of amides is 1. The zero-order valence-corrected chi connectivity index (χ0v) is 10.6. The number of aryl methyl sites for hydroxylation is 1. The van der Waals surface area contributed by atoms with E-state index in [1.165, 1.54) is 0 Å². The lowest BCUT2D eigenvalue weighted by molar-refractivity contribution is -0.122. The molecule has 1 aromatic rings. The number of pyridine rings is 1. The number of nitrogens with one attached hydrogen (secondary N) is 1. The average Bonchev–Trinajstić information content (AvgIpc) is 2.22. The van der Waals surface area contributed by atoms with Gasteiger partial charge in [0.1, 0.15) is 12.4 Å². The van der Waals surface area contributed by atoms with Gasteiger partial charge in [-0.1, -0.05) is 0 Å². The SMILES string of the molecule is Cc1cc(NCCOCC(N)=O)ncc1Br. The highest BCUT2D eigenvalue weighted by Crippen LogP contribution is 2.16. The van der Waals surface area contributed by atoms with Gasteiger partial charge in [-0.05, 0) is 34.5 Å². The summed E-state index contributed by atoms with van der Waals surface area (Å²) in [5.74, 6) is 0.320. The van der Waals surface area contributed by atoms with Crippen molar-refractivity contribution in [1.82, 2.24) is 4.98 Å². The van der Waals surface area contributed by atoms with Crippen LogP contribution in [-0.4, -0.2) is 30.6 Å². The van der Waals surface area contributed by atoms with Gasteiger partial charge in [-0.25, -0.2) is 4.98 Å². The summed E-state index contributed by atoms with van der Waals surface area (Å²) in [5, 5.41) is 3.08. The minimum atomic E-state index is -0.461. The molecule has 1 heterocycles. The minimum Gasteiger partial charge on any atom is -0.370 e. The van der Waals surface area contributed by atoms with Crippen molar-refractivity contribution >= 4 is 27.7 Å². The monoisotopic (exact) mass is 287 g/mol. The topological polar surface area (TPSA) is 77.2 Å². The molecule has 0 bridgehead atoms. The first-order valence-corrected chi connectivity index (χ1v) is 5.61. The Labute approximate surface area is 103 Å². The zero-order valence-electron chi connectivity index (χ0n) is 9.00. The molecular weight excluding hydrogens is 274 g/mol. The highest BCUT2D eigenvalue weighted by molar-refractivity contribution is 9.10. The number of primary amides is 1. The molecule has 0 saturated carbocycles. The maximum atomic E-state index is 10.4. The number of hydrogen-bond acceptors (Lipinski definition) is 4. The molecule has 16 heavy (non-hydrogen) atoms. The van der Waals surface area contributed by atoms with Crippen molar-refractivity contribution in [3.05, 3.63) is 22.3 Å². The van der Waals surface area contributed by atoms with Gasteiger partial charge in [0.05, 0.1) is 6.61 Å². The number of nitrogens with zero attached hydrogens (tertiary/aromatic N) is 1. The Morgan fingerprint density at radius 2 is 2.44 bits per heavy atom. The number of nitrogens with two attached hydrogens (primary N) is 1. The van der Waals surface area contributed by atoms with Crippen LogP contribution in [0, 0.1) is 6.92 Å². The first-order valence-electron chi connectivity index (χ1n) is 4.81. The maximum absolute atomic E-state index is 10.4. The van der Waals surface area contributed by atoms with E-state index in [0.29, 0.717) is 13.2 Å². The highest BCUT2D eigenvalue weighted by Gasteiger charge is 1.98. The molecule has 0 spiro atoms. The second-order valence-electron chi connectivity index (χ2n) is 3.26. The van der Waals surface area contributed by atoms with E-state index in [2.05, 4.69) is 26.2 Å². The van der Waals surface area contributed by atoms with Crippen LogP contribution in [0.2, 0.25) is 0 Å². The summed E-state index contributed by atoms with van der Waals surface area (Å²) in [6.07, 6.45) is 1.74. The molecule has 1 rings (SSSR count). The lowest BCUT2D eigenvalue weighted by atomic mass is 10.3. The van der Waals surface area contributed by atoms with E-state index in [-0.39, 0.29) is 6.61 Å². The Hall–Kier alpha value is -1.14. The van der Waals surface area contributed by atoms with E-state index in [9.17, 15) is 4.79 Å². The summed E-state index contributed by atoms with van der Waals surface area (Å²) >= 11 is 3.37. The zero-order chi connectivity index (χ0) is 12.0. The Balaban J connectivity index is 2.27. The maximum Gasteiger partial charge on any atom is 0.243 e. The fraction of sp³-hybridized carbons (Fsp3) is 0.400. The predicted octanol–water partition coefficient (Wildman–Crippen LogP) is 1.07. The fourth-order valence-corrected chi connectivity index (χ4v) is 1.28. The van der Waals surface area contributed by atoms with Crippen molar-refractivity contribution in [2.75, 3.05) is 25.1 Å². The molecule has 1 aromatic heterocycles. The molecule has 0 radical (unpaired) electrons. The van der Waals surface area contributed by atoms with Crippen molar-refractivity contribution in [1.29, 1.82) is 0 Å². The van der Waals surface area contributed by atoms with Crippen LogP contribution in [-0.2, 0) is 9.53 Å². The molecule has 0 saturated heterocycles. The molecule has 3 N–H and O–H groups in total. The van der Waals surface area contributed by atoms with Gasteiger partial charge in [-0.15, -0.1) is 0 Å². The third kappa shape index (κ3) is 4.59. The van der Waals surface area contributed by atoms with Crippen LogP contribution in [0.5, 0.6) is 0 Å². The normalized spacial score (nSPS) is 10.1. The molecule has 5 nitrogen and oxygen atoms in total. The van der Waals surface area contributed by atoms with Crippen molar-refractivity contribution in [2.45, 2.75) is 6.92 Å². The van der Waals surface area contributed by atoms with E-state index >= 15 is 0 Å². The predicted molar refractivity (Wildman–Crippen MR) is 65.2 cm³/mol. The molecule has 0 atom stereocenters. The van der Waals surface area contributed by atoms with Crippen LogP contribution in [0.1, 0.15) is 5.56 Å². The first-order chi connectivity index (χ1) is 7.59. The summed E-state index contributed by atoms with van der Waals surface area (Å²) in [7, 11) is 0. The summed E-state index contributed by atoms with van der Waals surface area (Å²) in [5.41, 5.74) is 6.03. The number of aromatic nitrogens is 1. The number of carbonyl (C=O) groups is 1. The van der Waals surface area contributed by atoms with E-state index in [1.54, 1.807) is 6.20 Å². The van der Waals surface area contributed by atoms with Crippen LogP contribution < -0.4 is 11.1 Å². The Morgan fingerprint density at radius 3 is 3.06 bits per heavy atom. The van der Waals surface area contributed by atoms with Gasteiger partial charge < -0.3 is 15.8 Å². The Bertz CT molecular complexity index is 371. The second kappa shape index (κ2) is 6.44. The second-order valence-corrected chi connectivity index (χ2v) is 4.12. The van der Waals surface area contributed by atoms with Gasteiger partial charge in [-0.3, -0.25) is 4.79 Å². The van der Waals surface area contributed by atoms with Gasteiger partial charge in [0, 0.05) is 17.2 Å². The first kappa shape index (κ1) is 12.9. The van der Waals surface area contributed by atoms with Crippen molar-refractivity contribution in [2.24, 2.45) is 5.73 Å². The van der Waals surface area contributed by atoms with Gasteiger partial charge >= 0.3 is 0 Å². The minimum absolute atomic E-state index is 0.0471. The van der Waals surface area contributed by atoms with E-state index < -0.39 is 5.91 Å². The molecule has 0 aliphatic heterocycles. The number of ether oxygens (including phenoxy) is 1. The molecule has 0 aromatic carbocycles. The smallest absolute Gasteiger partial charge is 0.243 e. The molecular formula is C10H14BrN3O2. The molecule has 0 unspecified atom stereocenters. The fourth-order valence-electron chi connectivity index (χ4n) is 1.06. The number of rotatable bonds is 6. The quantitative estimate of drug-likeness (QED) is 0.767. The molecule has 0 fully saturated rings. The number of anilines is 1. The number of hydrogen-bond donors (Lipinski definition) is 2. The summed E-state index contributed by atoms with van der Waals surface area (Å²) in [6, 6.07) is 1.93. The van der Waals surface area contributed by atoms with Crippen LogP contribution >= 0.6 is 15.9 Å². The number of carbonyl (C=O) groups excluding carboxylic acids is 1. The van der Waals surface area contributed by atoms with Crippen LogP contribution in [0.25, 0.3) is 0 Å². The Morgan fingerprint density at radius 1 is 1.69 bits per heavy atom.